The van der Waals surface area contributed by atoms with Gasteiger partial charge in [0, 0.05) is 5.56 Å². The van der Waals surface area contributed by atoms with Crippen molar-refractivity contribution in [3.63, 3.8) is 0 Å². The van der Waals surface area contributed by atoms with E-state index in [2.05, 4.69) is 0 Å². The van der Waals surface area contributed by atoms with Crippen molar-refractivity contribution >= 4 is 5.97 Å². The summed E-state index contributed by atoms with van der Waals surface area (Å²) in [7, 11) is 3.19. The van der Waals surface area contributed by atoms with Crippen LogP contribution in [-0.2, 0) is 16.1 Å². The van der Waals surface area contributed by atoms with Crippen LogP contribution in [0.5, 0.6) is 11.5 Å². The first-order chi connectivity index (χ1) is 9.15. The Kier molecular flexibility index (Phi) is 6.19. The summed E-state index contributed by atoms with van der Waals surface area (Å²) < 4.78 is 15.7. The van der Waals surface area contributed by atoms with Crippen molar-refractivity contribution in [1.29, 1.82) is 0 Å². The first kappa shape index (κ1) is 15.3. The highest BCUT2D eigenvalue weighted by atomic mass is 16.5. The molecule has 1 aromatic rings. The van der Waals surface area contributed by atoms with E-state index in [-0.39, 0.29) is 18.5 Å². The van der Waals surface area contributed by atoms with E-state index in [1.165, 1.54) is 0 Å². The van der Waals surface area contributed by atoms with Gasteiger partial charge in [-0.25, -0.2) is 0 Å². The van der Waals surface area contributed by atoms with Crippen LogP contribution in [0, 0.1) is 5.92 Å². The van der Waals surface area contributed by atoms with Crippen molar-refractivity contribution < 1.29 is 19.0 Å². The molecular weight excluding hydrogens is 244 g/mol. The third kappa shape index (κ3) is 4.16. The highest BCUT2D eigenvalue weighted by Gasteiger charge is 2.16. The number of rotatable bonds is 7. The van der Waals surface area contributed by atoms with Crippen LogP contribution >= 0.6 is 0 Å². The summed E-state index contributed by atoms with van der Waals surface area (Å²) in [6.45, 7) is 4.18. The Hall–Kier alpha value is -1.71. The Morgan fingerprint density at radius 1 is 1.16 bits per heavy atom. The van der Waals surface area contributed by atoms with Crippen molar-refractivity contribution in [2.24, 2.45) is 5.92 Å². The molecule has 0 radical (unpaired) electrons. The van der Waals surface area contributed by atoms with Gasteiger partial charge in [-0.15, -0.1) is 0 Å². The minimum absolute atomic E-state index is 0.0309. The second-order valence-corrected chi connectivity index (χ2v) is 4.30. The van der Waals surface area contributed by atoms with Gasteiger partial charge >= 0.3 is 5.97 Å². The molecule has 0 fully saturated rings. The molecule has 0 unspecified atom stereocenters. The molecule has 0 aliphatic heterocycles. The van der Waals surface area contributed by atoms with Crippen molar-refractivity contribution in [3.8, 4) is 11.5 Å². The summed E-state index contributed by atoms with van der Waals surface area (Å²) in [5, 5.41) is 0. The fraction of sp³-hybridized carbons (Fsp3) is 0.533. The van der Waals surface area contributed by atoms with Gasteiger partial charge in [-0.05, 0) is 31.0 Å². The summed E-state index contributed by atoms with van der Waals surface area (Å²) in [6.07, 6.45) is 1.59. The molecule has 4 heteroatoms. The van der Waals surface area contributed by atoms with Gasteiger partial charge in [-0.2, -0.15) is 0 Å². The number of carbonyl (C=O) groups is 1. The number of hydrogen-bond acceptors (Lipinski definition) is 4. The minimum atomic E-state index is -0.158. The number of ether oxygens (including phenoxy) is 3. The van der Waals surface area contributed by atoms with E-state index in [4.69, 9.17) is 14.2 Å². The molecule has 4 nitrogen and oxygen atoms in total. The average molecular weight is 266 g/mol. The molecule has 0 aromatic heterocycles. The Bertz CT molecular complexity index is 411. The molecule has 1 rings (SSSR count). The molecule has 0 N–H and O–H groups in total. The third-order valence-electron chi connectivity index (χ3n) is 3.18. The zero-order valence-corrected chi connectivity index (χ0v) is 12.1. The molecule has 0 saturated heterocycles. The summed E-state index contributed by atoms with van der Waals surface area (Å²) in [5.41, 5.74) is 0.807. The Morgan fingerprint density at radius 3 is 2.37 bits per heavy atom. The summed E-state index contributed by atoms with van der Waals surface area (Å²) >= 11 is 0. The number of benzene rings is 1. The first-order valence-corrected chi connectivity index (χ1v) is 6.53. The van der Waals surface area contributed by atoms with Crippen LogP contribution in [0.15, 0.2) is 18.2 Å². The lowest BCUT2D eigenvalue weighted by molar-refractivity contribution is -0.150. The van der Waals surface area contributed by atoms with Crippen LogP contribution in [0.25, 0.3) is 0 Å². The molecule has 106 valence electrons. The van der Waals surface area contributed by atoms with Crippen molar-refractivity contribution in [3.05, 3.63) is 23.8 Å². The van der Waals surface area contributed by atoms with E-state index in [0.29, 0.717) is 5.75 Å². The standard InChI is InChI=1S/C15H22O4/c1-5-11(6-2)15(16)19-10-12-9-13(17-3)7-8-14(12)18-4/h7-9,11H,5-6,10H2,1-4H3. The van der Waals surface area contributed by atoms with E-state index in [0.717, 1.165) is 24.2 Å². The quantitative estimate of drug-likeness (QED) is 0.711. The topological polar surface area (TPSA) is 44.8 Å². The summed E-state index contributed by atoms with van der Waals surface area (Å²) in [4.78, 5) is 11.8. The summed E-state index contributed by atoms with van der Waals surface area (Å²) in [6, 6.07) is 5.43. The predicted octanol–water partition coefficient (Wildman–Crippen LogP) is 3.18. The normalized spacial score (nSPS) is 10.4. The van der Waals surface area contributed by atoms with Crippen molar-refractivity contribution in [2.75, 3.05) is 14.2 Å². The average Bonchev–Trinajstić information content (AvgIpc) is 2.45. The van der Waals surface area contributed by atoms with Gasteiger partial charge in [-0.1, -0.05) is 13.8 Å². The lowest BCUT2D eigenvalue weighted by atomic mass is 10.0. The smallest absolute Gasteiger partial charge is 0.309 e. The number of carbonyl (C=O) groups excluding carboxylic acids is 1. The zero-order valence-electron chi connectivity index (χ0n) is 12.1. The molecule has 0 spiro atoms. The fourth-order valence-electron chi connectivity index (χ4n) is 1.88. The maximum absolute atomic E-state index is 11.8. The maximum atomic E-state index is 11.8. The second-order valence-electron chi connectivity index (χ2n) is 4.30. The zero-order chi connectivity index (χ0) is 14.3. The first-order valence-electron chi connectivity index (χ1n) is 6.53. The van der Waals surface area contributed by atoms with Crippen LogP contribution < -0.4 is 9.47 Å². The molecule has 0 amide bonds. The van der Waals surface area contributed by atoms with E-state index < -0.39 is 0 Å². The van der Waals surface area contributed by atoms with Gasteiger partial charge in [0.15, 0.2) is 0 Å². The molecular formula is C15H22O4. The SMILES string of the molecule is CCC(CC)C(=O)OCc1cc(OC)ccc1OC. The second kappa shape index (κ2) is 7.67. The van der Waals surface area contributed by atoms with Crippen LogP contribution in [0.2, 0.25) is 0 Å². The van der Waals surface area contributed by atoms with E-state index >= 15 is 0 Å². The van der Waals surface area contributed by atoms with Crippen LogP contribution in [0.1, 0.15) is 32.3 Å². The van der Waals surface area contributed by atoms with Crippen molar-refractivity contribution in [1.82, 2.24) is 0 Å². The van der Waals surface area contributed by atoms with Crippen molar-refractivity contribution in [2.45, 2.75) is 33.3 Å². The van der Waals surface area contributed by atoms with Crippen LogP contribution in [0.3, 0.4) is 0 Å². The van der Waals surface area contributed by atoms with Gasteiger partial charge < -0.3 is 14.2 Å². The van der Waals surface area contributed by atoms with Crippen LogP contribution in [-0.4, -0.2) is 20.2 Å². The minimum Gasteiger partial charge on any atom is -0.497 e. The largest absolute Gasteiger partial charge is 0.497 e. The lowest BCUT2D eigenvalue weighted by Gasteiger charge is -2.14. The lowest BCUT2D eigenvalue weighted by Crippen LogP contribution is -2.16. The molecule has 0 aliphatic rings. The monoisotopic (exact) mass is 266 g/mol. The van der Waals surface area contributed by atoms with Gasteiger partial charge in [0.05, 0.1) is 20.1 Å². The predicted molar refractivity (Wildman–Crippen MR) is 73.4 cm³/mol. The molecule has 0 aliphatic carbocycles. The molecule has 0 atom stereocenters. The number of methoxy groups -OCH3 is 2. The number of hydrogen-bond donors (Lipinski definition) is 0. The van der Waals surface area contributed by atoms with E-state index in [9.17, 15) is 4.79 Å². The van der Waals surface area contributed by atoms with Crippen LogP contribution in [0.4, 0.5) is 0 Å². The number of esters is 1. The van der Waals surface area contributed by atoms with Gasteiger partial charge in [0.1, 0.15) is 18.1 Å². The molecule has 0 saturated carbocycles. The van der Waals surface area contributed by atoms with E-state index in [1.54, 1.807) is 20.3 Å². The molecule has 0 heterocycles. The van der Waals surface area contributed by atoms with Gasteiger partial charge in [0.2, 0.25) is 0 Å². The van der Waals surface area contributed by atoms with Gasteiger partial charge in [0.25, 0.3) is 0 Å². The fourth-order valence-corrected chi connectivity index (χ4v) is 1.88. The Morgan fingerprint density at radius 2 is 1.84 bits per heavy atom. The third-order valence-corrected chi connectivity index (χ3v) is 3.18. The highest BCUT2D eigenvalue weighted by molar-refractivity contribution is 5.72. The Balaban J connectivity index is 2.73. The Labute approximate surface area is 114 Å². The molecule has 0 bridgehead atoms. The molecule has 1 aromatic carbocycles. The maximum Gasteiger partial charge on any atom is 0.309 e. The van der Waals surface area contributed by atoms with Gasteiger partial charge in [-0.3, -0.25) is 4.79 Å². The molecule has 19 heavy (non-hydrogen) atoms. The summed E-state index contributed by atoms with van der Waals surface area (Å²) in [5.74, 6) is 1.22. The highest BCUT2D eigenvalue weighted by Crippen LogP contribution is 2.25. The van der Waals surface area contributed by atoms with E-state index in [1.807, 2.05) is 26.0 Å².